The molecule has 1 atom stereocenters. The van der Waals surface area contributed by atoms with Gasteiger partial charge in [-0.2, -0.15) is 11.8 Å². The Hall–Kier alpha value is -0.220. The van der Waals surface area contributed by atoms with Gasteiger partial charge >= 0.3 is 5.97 Å². The highest BCUT2D eigenvalue weighted by Crippen LogP contribution is 2.28. The van der Waals surface area contributed by atoms with Crippen LogP contribution in [0.2, 0.25) is 0 Å². The number of ether oxygens (including phenoxy) is 1. The number of hydrogen-bond donors (Lipinski definition) is 1. The van der Waals surface area contributed by atoms with Gasteiger partial charge < -0.3 is 10.1 Å². The van der Waals surface area contributed by atoms with Crippen molar-refractivity contribution < 1.29 is 9.53 Å². The van der Waals surface area contributed by atoms with Gasteiger partial charge in [0.1, 0.15) is 5.54 Å². The van der Waals surface area contributed by atoms with E-state index in [0.717, 1.165) is 37.5 Å². The number of carbonyl (C=O) groups is 1. The van der Waals surface area contributed by atoms with Gasteiger partial charge in [-0.05, 0) is 69.9 Å². The van der Waals surface area contributed by atoms with Gasteiger partial charge in [-0.15, -0.1) is 0 Å². The highest BCUT2D eigenvalue weighted by atomic mass is 32.2. The lowest BCUT2D eigenvalue weighted by atomic mass is 9.96. The zero-order valence-corrected chi connectivity index (χ0v) is 14.9. The summed E-state index contributed by atoms with van der Waals surface area (Å²) in [5, 5.41) is 3.38. The van der Waals surface area contributed by atoms with Crippen LogP contribution >= 0.6 is 11.8 Å². The van der Waals surface area contributed by atoms with Crippen LogP contribution in [0, 0.1) is 5.92 Å². The van der Waals surface area contributed by atoms with Crippen LogP contribution in [0.1, 0.15) is 65.7 Å². The van der Waals surface area contributed by atoms with Crippen molar-refractivity contribution >= 4 is 17.7 Å². The van der Waals surface area contributed by atoms with E-state index in [1.165, 1.54) is 31.4 Å². The summed E-state index contributed by atoms with van der Waals surface area (Å²) >= 11 is 2.06. The third kappa shape index (κ3) is 7.05. The molecule has 0 aromatic carbocycles. The molecule has 0 heterocycles. The van der Waals surface area contributed by atoms with E-state index in [1.807, 2.05) is 13.8 Å². The lowest BCUT2D eigenvalue weighted by Crippen LogP contribution is -2.50. The zero-order chi connectivity index (χ0) is 15.6. The van der Waals surface area contributed by atoms with E-state index in [-0.39, 0.29) is 5.97 Å². The third-order valence-electron chi connectivity index (χ3n) is 4.28. The van der Waals surface area contributed by atoms with Crippen LogP contribution in [-0.4, -0.2) is 36.2 Å². The Morgan fingerprint density at radius 1 is 1.33 bits per heavy atom. The topological polar surface area (TPSA) is 38.3 Å². The minimum absolute atomic E-state index is 0.0979. The molecule has 21 heavy (non-hydrogen) atoms. The smallest absolute Gasteiger partial charge is 0.326 e. The average molecular weight is 316 g/mol. The average Bonchev–Trinajstić information content (AvgIpc) is 2.98. The second kappa shape index (κ2) is 10.5. The highest BCUT2D eigenvalue weighted by molar-refractivity contribution is 7.99. The number of rotatable bonds is 11. The fourth-order valence-corrected chi connectivity index (χ4v) is 4.09. The van der Waals surface area contributed by atoms with Crippen LogP contribution in [0.5, 0.6) is 0 Å². The van der Waals surface area contributed by atoms with Crippen LogP contribution in [0.15, 0.2) is 0 Å². The first-order valence-electron chi connectivity index (χ1n) is 8.62. The van der Waals surface area contributed by atoms with Crippen molar-refractivity contribution in [3.63, 3.8) is 0 Å². The van der Waals surface area contributed by atoms with E-state index in [2.05, 4.69) is 24.0 Å². The van der Waals surface area contributed by atoms with Gasteiger partial charge in [-0.1, -0.05) is 19.8 Å². The van der Waals surface area contributed by atoms with Gasteiger partial charge in [0.2, 0.25) is 0 Å². The van der Waals surface area contributed by atoms with Crippen molar-refractivity contribution in [2.45, 2.75) is 71.3 Å². The quantitative estimate of drug-likeness (QED) is 0.462. The van der Waals surface area contributed by atoms with Crippen LogP contribution in [0.3, 0.4) is 0 Å². The van der Waals surface area contributed by atoms with Crippen LogP contribution < -0.4 is 5.32 Å². The molecule has 0 radical (unpaired) electrons. The lowest BCUT2D eigenvalue weighted by Gasteiger charge is -2.28. The second-order valence-electron chi connectivity index (χ2n) is 6.31. The molecule has 4 heteroatoms. The largest absolute Gasteiger partial charge is 0.465 e. The maximum absolute atomic E-state index is 12.2. The summed E-state index contributed by atoms with van der Waals surface area (Å²) in [6.07, 6.45) is 8.66. The van der Waals surface area contributed by atoms with Crippen molar-refractivity contribution in [3.8, 4) is 0 Å². The summed E-state index contributed by atoms with van der Waals surface area (Å²) in [7, 11) is 0. The molecule has 1 saturated carbocycles. The molecule has 0 bridgehead atoms. The molecule has 1 rings (SSSR count). The highest BCUT2D eigenvalue weighted by Gasteiger charge is 2.33. The van der Waals surface area contributed by atoms with Gasteiger partial charge in [-0.3, -0.25) is 4.79 Å². The summed E-state index contributed by atoms with van der Waals surface area (Å²) in [6, 6.07) is 0. The van der Waals surface area contributed by atoms with E-state index >= 15 is 0 Å². The Morgan fingerprint density at radius 2 is 2.05 bits per heavy atom. The first-order chi connectivity index (χ1) is 10.1. The fraction of sp³-hybridized carbons (Fsp3) is 0.941. The van der Waals surface area contributed by atoms with E-state index in [0.29, 0.717) is 6.61 Å². The Kier molecular flexibility index (Phi) is 9.41. The van der Waals surface area contributed by atoms with Gasteiger partial charge in [0.25, 0.3) is 0 Å². The molecule has 1 unspecified atom stereocenters. The van der Waals surface area contributed by atoms with Crippen molar-refractivity contribution in [2.75, 3.05) is 24.7 Å². The maximum Gasteiger partial charge on any atom is 0.326 e. The van der Waals surface area contributed by atoms with Gasteiger partial charge in [0.05, 0.1) is 6.61 Å². The molecular formula is C17H33NO2S. The van der Waals surface area contributed by atoms with Crippen LogP contribution in [0.4, 0.5) is 0 Å². The van der Waals surface area contributed by atoms with E-state index in [1.54, 1.807) is 0 Å². The maximum atomic E-state index is 12.2. The molecule has 0 aliphatic heterocycles. The molecule has 0 aromatic rings. The molecule has 124 valence electrons. The van der Waals surface area contributed by atoms with Crippen molar-refractivity contribution in [2.24, 2.45) is 5.92 Å². The number of esters is 1. The molecule has 3 nitrogen and oxygen atoms in total. The fourth-order valence-electron chi connectivity index (χ4n) is 2.91. The summed E-state index contributed by atoms with van der Waals surface area (Å²) in [5.74, 6) is 3.31. The van der Waals surface area contributed by atoms with Gasteiger partial charge in [0.15, 0.2) is 0 Å². The predicted molar refractivity (Wildman–Crippen MR) is 91.8 cm³/mol. The Bertz CT molecular complexity index is 293. The zero-order valence-electron chi connectivity index (χ0n) is 14.1. The third-order valence-corrected chi connectivity index (χ3v) is 5.57. The molecule has 1 aliphatic rings. The van der Waals surface area contributed by atoms with Crippen molar-refractivity contribution in [1.29, 1.82) is 0 Å². The molecule has 1 N–H and O–H groups in total. The Labute approximate surface area is 135 Å². The lowest BCUT2D eigenvalue weighted by molar-refractivity contribution is -0.150. The standard InChI is InChI=1S/C17H33NO2S/c1-4-12-18-17(3,16(19)20-5-2)11-8-13-21-14-15-9-6-7-10-15/h15,18H,4-14H2,1-3H3. The molecule has 1 aliphatic carbocycles. The van der Waals surface area contributed by atoms with Crippen molar-refractivity contribution in [3.05, 3.63) is 0 Å². The number of hydrogen-bond acceptors (Lipinski definition) is 4. The monoisotopic (exact) mass is 315 g/mol. The predicted octanol–water partition coefficient (Wildman–Crippen LogP) is 4.01. The summed E-state index contributed by atoms with van der Waals surface area (Å²) in [6.45, 7) is 7.30. The molecule has 0 amide bonds. The van der Waals surface area contributed by atoms with E-state index in [4.69, 9.17) is 4.74 Å². The molecule has 0 aromatic heterocycles. The normalized spacial score (nSPS) is 18.6. The molecule has 0 saturated heterocycles. The number of nitrogens with one attached hydrogen (secondary N) is 1. The first kappa shape index (κ1) is 18.8. The van der Waals surface area contributed by atoms with Crippen LogP contribution in [-0.2, 0) is 9.53 Å². The SMILES string of the molecule is CCCNC(C)(CCCSCC1CCCC1)C(=O)OCC. The summed E-state index contributed by atoms with van der Waals surface area (Å²) < 4.78 is 5.23. The summed E-state index contributed by atoms with van der Waals surface area (Å²) in [5.41, 5.74) is -0.514. The van der Waals surface area contributed by atoms with E-state index in [9.17, 15) is 4.79 Å². The minimum atomic E-state index is -0.514. The summed E-state index contributed by atoms with van der Waals surface area (Å²) in [4.78, 5) is 12.2. The number of carbonyl (C=O) groups excluding carboxylic acids is 1. The van der Waals surface area contributed by atoms with E-state index < -0.39 is 5.54 Å². The molecular weight excluding hydrogens is 282 g/mol. The first-order valence-corrected chi connectivity index (χ1v) is 9.78. The Morgan fingerprint density at radius 3 is 2.67 bits per heavy atom. The van der Waals surface area contributed by atoms with Gasteiger partial charge in [-0.25, -0.2) is 0 Å². The van der Waals surface area contributed by atoms with Gasteiger partial charge in [0, 0.05) is 0 Å². The second-order valence-corrected chi connectivity index (χ2v) is 7.46. The molecule has 0 spiro atoms. The van der Waals surface area contributed by atoms with Crippen molar-refractivity contribution in [1.82, 2.24) is 5.32 Å². The Balaban J connectivity index is 2.25. The molecule has 1 fully saturated rings. The van der Waals surface area contributed by atoms with Crippen LogP contribution in [0.25, 0.3) is 0 Å². The number of thioether (sulfide) groups is 1. The minimum Gasteiger partial charge on any atom is -0.465 e.